The van der Waals surface area contributed by atoms with Gasteiger partial charge in [-0.2, -0.15) is 0 Å². The number of nitrogens with one attached hydrogen (secondary N) is 2. The Morgan fingerprint density at radius 1 is 0.974 bits per heavy atom. The van der Waals surface area contributed by atoms with Crippen molar-refractivity contribution in [3.63, 3.8) is 0 Å². The fourth-order valence-corrected chi connectivity index (χ4v) is 4.14. The van der Waals surface area contributed by atoms with E-state index >= 15 is 0 Å². The molecule has 38 heavy (non-hydrogen) atoms. The van der Waals surface area contributed by atoms with Gasteiger partial charge >= 0.3 is 6.09 Å². The van der Waals surface area contributed by atoms with Gasteiger partial charge in [0.1, 0.15) is 23.9 Å². The first-order valence-corrected chi connectivity index (χ1v) is 13.2. The van der Waals surface area contributed by atoms with Gasteiger partial charge in [0.2, 0.25) is 5.91 Å². The number of benzene rings is 2. The Morgan fingerprint density at radius 2 is 1.66 bits per heavy atom. The summed E-state index contributed by atoms with van der Waals surface area (Å²) in [7, 11) is 1.58. The predicted octanol–water partition coefficient (Wildman–Crippen LogP) is 5.93. The van der Waals surface area contributed by atoms with Crippen molar-refractivity contribution in [1.29, 1.82) is 0 Å². The third-order valence-corrected chi connectivity index (χ3v) is 5.99. The Balaban J connectivity index is 2.40. The van der Waals surface area contributed by atoms with Crippen LogP contribution in [0.4, 0.5) is 10.5 Å². The highest BCUT2D eigenvalue weighted by atomic mass is 16.6. The van der Waals surface area contributed by atoms with E-state index in [-0.39, 0.29) is 18.4 Å². The van der Waals surface area contributed by atoms with Crippen LogP contribution in [-0.2, 0) is 14.3 Å². The number of nitrogens with zero attached hydrogens (tertiary/aromatic N) is 1. The van der Waals surface area contributed by atoms with Crippen LogP contribution in [0, 0.1) is 13.8 Å². The second-order valence-electron chi connectivity index (χ2n) is 10.5. The molecule has 0 saturated carbocycles. The molecule has 0 aliphatic carbocycles. The fourth-order valence-electron chi connectivity index (χ4n) is 4.14. The van der Waals surface area contributed by atoms with Crippen LogP contribution in [0.25, 0.3) is 0 Å². The van der Waals surface area contributed by atoms with E-state index in [9.17, 15) is 14.4 Å². The fraction of sp³-hybridized carbons (Fsp3) is 0.500. The van der Waals surface area contributed by atoms with Gasteiger partial charge in [-0.05, 0) is 76.4 Å². The van der Waals surface area contributed by atoms with E-state index in [2.05, 4.69) is 17.6 Å². The van der Waals surface area contributed by atoms with Gasteiger partial charge in [-0.15, -0.1) is 0 Å². The summed E-state index contributed by atoms with van der Waals surface area (Å²) in [5, 5.41) is 5.52. The average molecular weight is 526 g/mol. The molecule has 8 heteroatoms. The summed E-state index contributed by atoms with van der Waals surface area (Å²) >= 11 is 0. The van der Waals surface area contributed by atoms with Crippen molar-refractivity contribution >= 4 is 23.6 Å². The molecule has 0 radical (unpaired) electrons. The zero-order valence-corrected chi connectivity index (χ0v) is 23.8. The lowest BCUT2D eigenvalue weighted by Crippen LogP contribution is -2.47. The van der Waals surface area contributed by atoms with Gasteiger partial charge in [0.05, 0.1) is 7.11 Å². The van der Waals surface area contributed by atoms with Crippen molar-refractivity contribution in [1.82, 2.24) is 10.2 Å². The molecule has 0 fully saturated rings. The Kier molecular flexibility index (Phi) is 11.6. The van der Waals surface area contributed by atoms with Crippen molar-refractivity contribution in [2.75, 3.05) is 25.5 Å². The first kappa shape index (κ1) is 30.7. The summed E-state index contributed by atoms with van der Waals surface area (Å²) < 4.78 is 10.5. The number of hydrogen-bond acceptors (Lipinski definition) is 5. The van der Waals surface area contributed by atoms with Crippen LogP contribution in [0.3, 0.4) is 0 Å². The summed E-state index contributed by atoms with van der Waals surface area (Å²) in [4.78, 5) is 41.2. The molecule has 0 aliphatic heterocycles. The van der Waals surface area contributed by atoms with E-state index < -0.39 is 17.7 Å². The number of amides is 3. The van der Waals surface area contributed by atoms with Crippen molar-refractivity contribution in [3.05, 3.63) is 59.2 Å². The predicted molar refractivity (Wildman–Crippen MR) is 150 cm³/mol. The maximum absolute atomic E-state index is 13.8. The Morgan fingerprint density at radius 3 is 2.24 bits per heavy atom. The highest BCUT2D eigenvalue weighted by Crippen LogP contribution is 2.28. The van der Waals surface area contributed by atoms with Crippen LogP contribution in [0.5, 0.6) is 5.75 Å². The normalized spacial score (nSPS) is 11.9. The number of ether oxygens (including phenoxy) is 2. The number of hydrogen-bond donors (Lipinski definition) is 2. The van der Waals surface area contributed by atoms with Gasteiger partial charge < -0.3 is 25.0 Å². The smallest absolute Gasteiger partial charge is 0.408 e. The molecule has 0 bridgehead atoms. The highest BCUT2D eigenvalue weighted by Gasteiger charge is 2.32. The lowest BCUT2D eigenvalue weighted by atomic mass is 9.96. The molecule has 3 amide bonds. The van der Waals surface area contributed by atoms with Crippen LogP contribution in [-0.4, -0.2) is 48.6 Å². The maximum atomic E-state index is 13.8. The molecule has 8 nitrogen and oxygen atoms in total. The minimum Gasteiger partial charge on any atom is -0.497 e. The molecule has 1 unspecified atom stereocenters. The molecule has 0 aliphatic rings. The number of aryl methyl sites for hydroxylation is 2. The largest absolute Gasteiger partial charge is 0.497 e. The minimum atomic E-state index is -0.882. The van der Waals surface area contributed by atoms with Crippen LogP contribution < -0.4 is 15.4 Å². The lowest BCUT2D eigenvalue weighted by molar-refractivity contribution is -0.138. The molecule has 2 aromatic carbocycles. The van der Waals surface area contributed by atoms with E-state index in [1.807, 2.05) is 32.0 Å². The number of anilines is 1. The molecule has 0 aromatic heterocycles. The Hall–Kier alpha value is -3.55. The second kappa shape index (κ2) is 14.4. The number of carbonyl (C=O) groups excluding carboxylic acids is 3. The minimum absolute atomic E-state index is 0.278. The molecule has 0 spiro atoms. The zero-order valence-electron chi connectivity index (χ0n) is 23.8. The molecule has 0 saturated heterocycles. The van der Waals surface area contributed by atoms with Gasteiger partial charge in [-0.25, -0.2) is 4.79 Å². The molecule has 2 rings (SSSR count). The van der Waals surface area contributed by atoms with E-state index in [1.54, 1.807) is 57.0 Å². The number of unbranched alkanes of at least 4 members (excludes halogenated alkanes) is 3. The second-order valence-corrected chi connectivity index (χ2v) is 10.5. The van der Waals surface area contributed by atoms with Crippen molar-refractivity contribution < 1.29 is 23.9 Å². The lowest BCUT2D eigenvalue weighted by Gasteiger charge is -2.32. The first-order valence-electron chi connectivity index (χ1n) is 13.2. The molecular formula is C30H43N3O5. The van der Waals surface area contributed by atoms with Crippen molar-refractivity contribution in [2.45, 2.75) is 78.9 Å². The molecule has 1 atom stereocenters. The van der Waals surface area contributed by atoms with E-state index in [0.717, 1.165) is 42.4 Å². The van der Waals surface area contributed by atoms with Crippen LogP contribution in [0.15, 0.2) is 42.5 Å². The zero-order chi connectivity index (χ0) is 28.3. The summed E-state index contributed by atoms with van der Waals surface area (Å²) in [6.07, 6.45) is 3.07. The van der Waals surface area contributed by atoms with E-state index in [4.69, 9.17) is 9.47 Å². The van der Waals surface area contributed by atoms with Crippen molar-refractivity contribution in [3.8, 4) is 5.75 Å². The topological polar surface area (TPSA) is 97.0 Å². The number of methoxy groups -OCH3 is 1. The number of rotatable bonds is 12. The third kappa shape index (κ3) is 9.72. The van der Waals surface area contributed by atoms with Crippen LogP contribution in [0.1, 0.15) is 76.1 Å². The van der Waals surface area contributed by atoms with Crippen LogP contribution in [0.2, 0.25) is 0 Å². The quantitative estimate of drug-likeness (QED) is 0.335. The average Bonchev–Trinajstić information content (AvgIpc) is 2.84. The molecule has 2 aromatic rings. The highest BCUT2D eigenvalue weighted by molar-refractivity contribution is 5.98. The standard InChI is InChI=1S/C30H43N3O5/c1-8-9-10-11-18-33(26(34)20-31-29(36)38-30(4,5)6)27(25-17-12-21(2)19-22(25)3)28(35)32-23-13-15-24(37-7)16-14-23/h12-17,19,27H,8-11,18,20H2,1-7H3,(H,31,36)(H,32,35). The van der Waals surface area contributed by atoms with Gasteiger partial charge in [0.25, 0.3) is 5.91 Å². The van der Waals surface area contributed by atoms with Gasteiger partial charge in [0, 0.05) is 12.2 Å². The SMILES string of the molecule is CCCCCCN(C(=O)CNC(=O)OC(C)(C)C)C(C(=O)Nc1ccc(OC)cc1)c1ccc(C)cc1C. The monoisotopic (exact) mass is 525 g/mol. The van der Waals surface area contributed by atoms with E-state index in [1.165, 1.54) is 0 Å². The molecule has 2 N–H and O–H groups in total. The molecular weight excluding hydrogens is 482 g/mol. The first-order chi connectivity index (χ1) is 17.9. The maximum Gasteiger partial charge on any atom is 0.408 e. The van der Waals surface area contributed by atoms with Gasteiger partial charge in [-0.3, -0.25) is 9.59 Å². The Bertz CT molecular complexity index is 1080. The van der Waals surface area contributed by atoms with Gasteiger partial charge in [0.15, 0.2) is 0 Å². The third-order valence-electron chi connectivity index (χ3n) is 5.99. The van der Waals surface area contributed by atoms with Crippen LogP contribution >= 0.6 is 0 Å². The molecule has 208 valence electrons. The Labute approximate surface area is 227 Å². The summed E-state index contributed by atoms with van der Waals surface area (Å²) in [6.45, 7) is 11.4. The number of alkyl carbamates (subject to hydrolysis) is 1. The molecule has 0 heterocycles. The summed E-state index contributed by atoms with van der Waals surface area (Å²) in [6, 6.07) is 12.0. The van der Waals surface area contributed by atoms with E-state index in [0.29, 0.717) is 18.0 Å². The number of carbonyl (C=O) groups is 3. The summed E-state index contributed by atoms with van der Waals surface area (Å²) in [5.74, 6) is -0.0136. The van der Waals surface area contributed by atoms with Gasteiger partial charge in [-0.1, -0.05) is 49.9 Å². The van der Waals surface area contributed by atoms with Crippen molar-refractivity contribution in [2.24, 2.45) is 0 Å². The summed E-state index contributed by atoms with van der Waals surface area (Å²) in [5.41, 5.74) is 2.62.